The number of para-hydroxylation sites is 1. The Morgan fingerprint density at radius 3 is 2.29 bits per heavy atom. The number of amides is 1. The van der Waals surface area contributed by atoms with Gasteiger partial charge in [-0.2, -0.15) is 0 Å². The number of likely N-dealkylation sites (tertiary alicyclic amines) is 1. The number of carbonyl (C=O) groups excluding carboxylic acids is 1. The highest BCUT2D eigenvalue weighted by Gasteiger charge is 2.43. The van der Waals surface area contributed by atoms with Crippen LogP contribution in [-0.2, 0) is 9.53 Å². The number of carbonyl (C=O) groups is 1. The van der Waals surface area contributed by atoms with Crippen LogP contribution in [0.15, 0.2) is 30.3 Å². The molecule has 1 amide bonds. The van der Waals surface area contributed by atoms with E-state index in [2.05, 4.69) is 18.7 Å². The van der Waals surface area contributed by atoms with Crippen LogP contribution >= 0.6 is 12.4 Å². The van der Waals surface area contributed by atoms with Gasteiger partial charge in [-0.3, -0.25) is 4.79 Å². The Kier molecular flexibility index (Phi) is 8.20. The molecule has 1 aliphatic rings. The Morgan fingerprint density at radius 2 is 1.83 bits per heavy atom. The second-order valence-electron chi connectivity index (χ2n) is 6.71. The van der Waals surface area contributed by atoms with Crippen molar-refractivity contribution >= 4 is 24.0 Å². The summed E-state index contributed by atoms with van der Waals surface area (Å²) in [6.45, 7) is 8.98. The van der Waals surface area contributed by atoms with E-state index in [1.807, 2.05) is 42.2 Å². The molecule has 24 heavy (non-hydrogen) atoms. The van der Waals surface area contributed by atoms with Crippen molar-refractivity contribution < 1.29 is 9.53 Å². The second kappa shape index (κ2) is 9.40. The molecular weight excluding hydrogens is 324 g/mol. The Bertz CT molecular complexity index is 499. The third kappa shape index (κ3) is 4.50. The van der Waals surface area contributed by atoms with Crippen LogP contribution in [0.4, 0.5) is 5.69 Å². The summed E-state index contributed by atoms with van der Waals surface area (Å²) in [6.07, 6.45) is 2.40. The zero-order valence-electron chi connectivity index (χ0n) is 15.3. The fraction of sp³-hybridized carbons (Fsp3) is 0.632. The molecule has 0 aliphatic carbocycles. The number of piperidine rings is 1. The van der Waals surface area contributed by atoms with Gasteiger partial charge in [0.1, 0.15) is 0 Å². The van der Waals surface area contributed by atoms with Gasteiger partial charge in [-0.25, -0.2) is 0 Å². The molecule has 1 heterocycles. The van der Waals surface area contributed by atoms with Crippen LogP contribution in [0.1, 0.15) is 40.0 Å². The van der Waals surface area contributed by atoms with Crippen molar-refractivity contribution in [3.8, 4) is 0 Å². The van der Waals surface area contributed by atoms with Gasteiger partial charge in [0, 0.05) is 38.3 Å². The zero-order chi connectivity index (χ0) is 16.9. The fourth-order valence-corrected chi connectivity index (χ4v) is 3.58. The SMILES string of the molecule is CCC(=O)N(c1ccccc1)C1(COC)CCN(C(C)C)CC1.Cl. The largest absolute Gasteiger partial charge is 0.382 e. The summed E-state index contributed by atoms with van der Waals surface area (Å²) in [5.74, 6) is 0.172. The van der Waals surface area contributed by atoms with Gasteiger partial charge in [0.15, 0.2) is 0 Å². The van der Waals surface area contributed by atoms with Crippen LogP contribution < -0.4 is 4.90 Å². The van der Waals surface area contributed by atoms with Gasteiger partial charge >= 0.3 is 0 Å². The standard InChI is InChI=1S/C19H30N2O2.ClH/c1-5-18(22)21(17-9-7-6-8-10-17)19(15-23-4)11-13-20(14-12-19)16(2)3;/h6-10,16H,5,11-15H2,1-4H3;1H. The highest BCUT2D eigenvalue weighted by atomic mass is 35.5. The minimum Gasteiger partial charge on any atom is -0.382 e. The van der Waals surface area contributed by atoms with Crippen molar-refractivity contribution in [3.05, 3.63) is 30.3 Å². The summed E-state index contributed by atoms with van der Waals surface area (Å²) >= 11 is 0. The second-order valence-corrected chi connectivity index (χ2v) is 6.71. The van der Waals surface area contributed by atoms with Crippen LogP contribution in [0, 0.1) is 0 Å². The van der Waals surface area contributed by atoms with Crippen molar-refractivity contribution in [1.82, 2.24) is 4.90 Å². The smallest absolute Gasteiger partial charge is 0.227 e. The van der Waals surface area contributed by atoms with E-state index in [-0.39, 0.29) is 23.9 Å². The maximum atomic E-state index is 12.8. The summed E-state index contributed by atoms with van der Waals surface area (Å²) in [5, 5.41) is 0. The maximum absolute atomic E-state index is 12.8. The molecule has 0 aromatic heterocycles. The maximum Gasteiger partial charge on any atom is 0.227 e. The average Bonchev–Trinajstić information content (AvgIpc) is 2.56. The summed E-state index contributed by atoms with van der Waals surface area (Å²) in [6, 6.07) is 10.6. The Labute approximate surface area is 152 Å². The van der Waals surface area contributed by atoms with Gasteiger partial charge in [0.2, 0.25) is 5.91 Å². The first-order chi connectivity index (χ1) is 11.0. The first kappa shape index (κ1) is 20.9. The molecule has 0 radical (unpaired) electrons. The molecule has 1 aliphatic heterocycles. The lowest BCUT2D eigenvalue weighted by Gasteiger charge is -2.49. The van der Waals surface area contributed by atoms with Gasteiger partial charge in [-0.1, -0.05) is 25.1 Å². The lowest BCUT2D eigenvalue weighted by Crippen LogP contribution is -2.61. The van der Waals surface area contributed by atoms with E-state index in [0.29, 0.717) is 19.1 Å². The molecule has 4 nitrogen and oxygen atoms in total. The van der Waals surface area contributed by atoms with Crippen LogP contribution in [0.2, 0.25) is 0 Å². The fourth-order valence-electron chi connectivity index (χ4n) is 3.58. The van der Waals surface area contributed by atoms with E-state index < -0.39 is 0 Å². The number of methoxy groups -OCH3 is 1. The molecule has 0 saturated carbocycles. The number of ether oxygens (including phenoxy) is 1. The van der Waals surface area contributed by atoms with Gasteiger partial charge in [0.25, 0.3) is 0 Å². The number of nitrogens with zero attached hydrogens (tertiary/aromatic N) is 2. The summed E-state index contributed by atoms with van der Waals surface area (Å²) in [7, 11) is 1.73. The highest BCUT2D eigenvalue weighted by molar-refractivity contribution is 5.94. The quantitative estimate of drug-likeness (QED) is 0.780. The Morgan fingerprint density at radius 1 is 1.25 bits per heavy atom. The molecule has 1 fully saturated rings. The van der Waals surface area contributed by atoms with Crippen LogP contribution in [0.25, 0.3) is 0 Å². The number of rotatable bonds is 6. The van der Waals surface area contributed by atoms with E-state index in [0.717, 1.165) is 31.6 Å². The van der Waals surface area contributed by atoms with Crippen LogP contribution in [-0.4, -0.2) is 49.2 Å². The minimum atomic E-state index is -0.241. The molecule has 1 aromatic carbocycles. The van der Waals surface area contributed by atoms with Crippen LogP contribution in [0.5, 0.6) is 0 Å². The van der Waals surface area contributed by atoms with Crippen molar-refractivity contribution in [1.29, 1.82) is 0 Å². The molecular formula is C19H31ClN2O2. The number of hydrogen-bond acceptors (Lipinski definition) is 3. The highest BCUT2D eigenvalue weighted by Crippen LogP contribution is 2.35. The van der Waals surface area contributed by atoms with E-state index in [9.17, 15) is 4.79 Å². The molecule has 0 bridgehead atoms. The van der Waals surface area contributed by atoms with Crippen molar-refractivity contribution in [2.75, 3.05) is 31.7 Å². The molecule has 0 spiro atoms. The zero-order valence-corrected chi connectivity index (χ0v) is 16.1. The minimum absolute atomic E-state index is 0. The molecule has 1 saturated heterocycles. The van der Waals surface area contributed by atoms with Crippen LogP contribution in [0.3, 0.4) is 0 Å². The summed E-state index contributed by atoms with van der Waals surface area (Å²) < 4.78 is 5.57. The van der Waals surface area contributed by atoms with Gasteiger partial charge in [-0.15, -0.1) is 12.4 Å². The van der Waals surface area contributed by atoms with Gasteiger partial charge in [-0.05, 0) is 38.8 Å². The first-order valence-corrected chi connectivity index (χ1v) is 8.65. The van der Waals surface area contributed by atoms with E-state index in [1.54, 1.807) is 7.11 Å². The third-order valence-corrected chi connectivity index (χ3v) is 4.91. The van der Waals surface area contributed by atoms with Crippen molar-refractivity contribution in [2.24, 2.45) is 0 Å². The molecule has 136 valence electrons. The predicted octanol–water partition coefficient (Wildman–Crippen LogP) is 3.74. The first-order valence-electron chi connectivity index (χ1n) is 8.65. The van der Waals surface area contributed by atoms with Gasteiger partial charge in [0.05, 0.1) is 12.1 Å². The molecule has 0 N–H and O–H groups in total. The number of halogens is 1. The van der Waals surface area contributed by atoms with E-state index in [4.69, 9.17) is 4.74 Å². The summed E-state index contributed by atoms with van der Waals surface area (Å²) in [4.78, 5) is 17.3. The Balaban J connectivity index is 0.00000288. The topological polar surface area (TPSA) is 32.8 Å². The van der Waals surface area contributed by atoms with E-state index >= 15 is 0 Å². The monoisotopic (exact) mass is 354 g/mol. The predicted molar refractivity (Wildman–Crippen MR) is 102 cm³/mol. The van der Waals surface area contributed by atoms with Crippen molar-refractivity contribution in [3.63, 3.8) is 0 Å². The molecule has 0 atom stereocenters. The molecule has 1 aromatic rings. The number of benzene rings is 1. The molecule has 0 unspecified atom stereocenters. The normalized spacial score (nSPS) is 17.4. The van der Waals surface area contributed by atoms with Gasteiger partial charge < -0.3 is 14.5 Å². The lowest BCUT2D eigenvalue weighted by atomic mass is 9.84. The molecule has 2 rings (SSSR count). The third-order valence-electron chi connectivity index (χ3n) is 4.91. The summed E-state index contributed by atoms with van der Waals surface area (Å²) in [5.41, 5.74) is 0.739. The van der Waals surface area contributed by atoms with E-state index in [1.165, 1.54) is 0 Å². The number of anilines is 1. The average molecular weight is 355 g/mol. The lowest BCUT2D eigenvalue weighted by molar-refractivity contribution is -0.120. The van der Waals surface area contributed by atoms with Crippen molar-refractivity contribution in [2.45, 2.75) is 51.6 Å². The number of hydrogen-bond donors (Lipinski definition) is 0. The Hall–Kier alpha value is -1.10. The molecule has 5 heteroatoms.